The molecule has 1 aliphatic rings. The zero-order valence-corrected chi connectivity index (χ0v) is 18.9. The number of halogens is 4. The molecule has 0 unspecified atom stereocenters. The molecule has 0 amide bonds. The van der Waals surface area contributed by atoms with Gasteiger partial charge >= 0.3 is 6.18 Å². The van der Waals surface area contributed by atoms with Gasteiger partial charge in [-0.25, -0.2) is 14.4 Å². The lowest BCUT2D eigenvalue weighted by Crippen LogP contribution is -2.39. The number of benzene rings is 1. The van der Waals surface area contributed by atoms with Gasteiger partial charge in [0.15, 0.2) is 5.75 Å². The molecule has 0 bridgehead atoms. The van der Waals surface area contributed by atoms with E-state index in [0.717, 1.165) is 23.1 Å². The Balaban J connectivity index is 1.49. The van der Waals surface area contributed by atoms with E-state index in [-0.39, 0.29) is 34.7 Å². The number of aromatic nitrogens is 4. The summed E-state index contributed by atoms with van der Waals surface area (Å²) in [7, 11) is 1.52. The van der Waals surface area contributed by atoms with Gasteiger partial charge in [-0.3, -0.25) is 9.79 Å². The van der Waals surface area contributed by atoms with Crippen LogP contribution in [0, 0.1) is 17.1 Å². The number of nitriles is 1. The first-order chi connectivity index (χ1) is 17.2. The van der Waals surface area contributed by atoms with Crippen molar-refractivity contribution < 1.29 is 22.3 Å². The van der Waals surface area contributed by atoms with Gasteiger partial charge in [0, 0.05) is 57.5 Å². The highest BCUT2D eigenvalue weighted by Crippen LogP contribution is 2.29. The molecule has 1 aliphatic heterocycles. The summed E-state index contributed by atoms with van der Waals surface area (Å²) in [5, 5.41) is 13.1. The summed E-state index contributed by atoms with van der Waals surface area (Å²) < 4.78 is 59.2. The van der Waals surface area contributed by atoms with E-state index in [9.17, 15) is 22.4 Å². The predicted octanol–water partition coefficient (Wildman–Crippen LogP) is 3.15. The maximum absolute atomic E-state index is 14.1. The van der Waals surface area contributed by atoms with E-state index >= 15 is 0 Å². The zero-order chi connectivity index (χ0) is 25.9. The van der Waals surface area contributed by atoms with Gasteiger partial charge in [-0.15, -0.1) is 0 Å². The summed E-state index contributed by atoms with van der Waals surface area (Å²) in [4.78, 5) is 26.1. The molecule has 2 aromatic heterocycles. The van der Waals surface area contributed by atoms with Gasteiger partial charge in [-0.2, -0.15) is 28.2 Å². The lowest BCUT2D eigenvalue weighted by atomic mass is 10.1. The Bertz CT molecular complexity index is 1370. The highest BCUT2D eigenvalue weighted by atomic mass is 19.4. The van der Waals surface area contributed by atoms with Crippen molar-refractivity contribution in [3.63, 3.8) is 0 Å². The monoisotopic (exact) mass is 501 g/mol. The van der Waals surface area contributed by atoms with Gasteiger partial charge in [-0.1, -0.05) is 0 Å². The Morgan fingerprint density at radius 3 is 2.47 bits per heavy atom. The highest BCUT2D eigenvalue weighted by Gasteiger charge is 2.32. The van der Waals surface area contributed by atoms with Crippen molar-refractivity contribution in [2.45, 2.75) is 25.1 Å². The van der Waals surface area contributed by atoms with Crippen LogP contribution in [0.2, 0.25) is 0 Å². The number of piperidine rings is 1. The number of hydrogen-bond donors (Lipinski definition) is 0. The standard InChI is InChI=1S/C23H19F4N7O2/c1-29-13-19-20(9-21(35)34(32-19)16-3-2-14(10-28)18(24)8-16)36-17-4-6-33(7-5-17)22-30-11-15(12-31-22)23(25,26)27/h2-3,8-9,11-13,17H,4-7H2,1H3. The lowest BCUT2D eigenvalue weighted by Gasteiger charge is -2.32. The van der Waals surface area contributed by atoms with Gasteiger partial charge in [-0.05, 0) is 12.1 Å². The molecule has 1 saturated heterocycles. The molecule has 0 radical (unpaired) electrons. The Morgan fingerprint density at radius 1 is 1.19 bits per heavy atom. The number of hydrogen-bond acceptors (Lipinski definition) is 8. The van der Waals surface area contributed by atoms with Crippen LogP contribution in [0.1, 0.15) is 29.7 Å². The molecule has 3 heterocycles. The smallest absolute Gasteiger partial charge is 0.419 e. The summed E-state index contributed by atoms with van der Waals surface area (Å²) in [6.07, 6.45) is -0.910. The van der Waals surface area contributed by atoms with Crippen molar-refractivity contribution in [3.8, 4) is 17.5 Å². The molecule has 13 heteroatoms. The summed E-state index contributed by atoms with van der Waals surface area (Å²) in [6.45, 7) is 0.866. The number of aliphatic imine (C=N–C) groups is 1. The third-order valence-corrected chi connectivity index (χ3v) is 5.48. The van der Waals surface area contributed by atoms with E-state index in [1.54, 1.807) is 11.0 Å². The molecule has 4 rings (SSSR count). The predicted molar refractivity (Wildman–Crippen MR) is 121 cm³/mol. The van der Waals surface area contributed by atoms with Crippen LogP contribution in [0.25, 0.3) is 5.69 Å². The van der Waals surface area contributed by atoms with Gasteiger partial charge in [0.2, 0.25) is 5.95 Å². The number of nitrogens with zero attached hydrogens (tertiary/aromatic N) is 7. The van der Waals surface area contributed by atoms with Crippen LogP contribution in [-0.4, -0.2) is 52.2 Å². The number of anilines is 1. The molecule has 0 saturated carbocycles. The molecule has 36 heavy (non-hydrogen) atoms. The second kappa shape index (κ2) is 10.1. The first kappa shape index (κ1) is 24.8. The second-order valence-electron chi connectivity index (χ2n) is 7.88. The first-order valence-corrected chi connectivity index (χ1v) is 10.8. The number of rotatable bonds is 5. The normalized spacial score (nSPS) is 14.7. The molecule has 0 aliphatic carbocycles. The summed E-state index contributed by atoms with van der Waals surface area (Å²) in [5.41, 5.74) is -1.26. The van der Waals surface area contributed by atoms with Crippen molar-refractivity contribution in [3.05, 3.63) is 69.7 Å². The zero-order valence-electron chi connectivity index (χ0n) is 18.9. The van der Waals surface area contributed by atoms with Crippen LogP contribution in [-0.2, 0) is 6.18 Å². The maximum Gasteiger partial charge on any atom is 0.419 e. The minimum absolute atomic E-state index is 0.138. The van der Waals surface area contributed by atoms with E-state index < -0.39 is 23.1 Å². The van der Waals surface area contributed by atoms with Crippen LogP contribution in [0.5, 0.6) is 5.75 Å². The van der Waals surface area contributed by atoms with Crippen molar-refractivity contribution in [1.29, 1.82) is 5.26 Å². The van der Waals surface area contributed by atoms with Gasteiger partial charge in [0.05, 0.1) is 23.0 Å². The minimum atomic E-state index is -4.50. The van der Waals surface area contributed by atoms with Crippen molar-refractivity contribution in [2.75, 3.05) is 25.0 Å². The minimum Gasteiger partial charge on any atom is -0.488 e. The fourth-order valence-electron chi connectivity index (χ4n) is 3.66. The van der Waals surface area contributed by atoms with E-state index in [2.05, 4.69) is 20.1 Å². The highest BCUT2D eigenvalue weighted by molar-refractivity contribution is 5.80. The van der Waals surface area contributed by atoms with Crippen molar-refractivity contribution >= 4 is 12.2 Å². The second-order valence-corrected chi connectivity index (χ2v) is 7.88. The van der Waals surface area contributed by atoms with Crippen molar-refractivity contribution in [1.82, 2.24) is 19.7 Å². The molecule has 0 atom stereocenters. The Hall–Kier alpha value is -4.34. The van der Waals surface area contributed by atoms with E-state index in [0.29, 0.717) is 25.9 Å². The average molecular weight is 501 g/mol. The quantitative estimate of drug-likeness (QED) is 0.390. The third-order valence-electron chi connectivity index (χ3n) is 5.48. The third kappa shape index (κ3) is 5.32. The number of alkyl halides is 3. The van der Waals surface area contributed by atoms with Crippen LogP contribution < -0.4 is 15.2 Å². The topological polar surface area (TPSA) is 109 Å². The molecule has 186 valence electrons. The Labute approximate surface area is 202 Å². The molecular formula is C23H19F4N7O2. The molecule has 1 fully saturated rings. The van der Waals surface area contributed by atoms with E-state index in [1.807, 2.05) is 0 Å². The van der Waals surface area contributed by atoms with E-state index in [4.69, 9.17) is 10.00 Å². The van der Waals surface area contributed by atoms with Gasteiger partial charge < -0.3 is 9.64 Å². The lowest BCUT2D eigenvalue weighted by molar-refractivity contribution is -0.138. The largest absolute Gasteiger partial charge is 0.488 e. The summed E-state index contributed by atoms with van der Waals surface area (Å²) in [5.74, 6) is -0.391. The average Bonchev–Trinajstić information content (AvgIpc) is 2.85. The van der Waals surface area contributed by atoms with Crippen molar-refractivity contribution in [2.24, 2.45) is 4.99 Å². The SMILES string of the molecule is CN=Cc1nn(-c2ccc(C#N)c(F)c2)c(=O)cc1OC1CCN(c2ncc(C(F)(F)F)cn2)CC1. The van der Waals surface area contributed by atoms with Gasteiger partial charge in [0.1, 0.15) is 23.7 Å². The van der Waals surface area contributed by atoms with Crippen LogP contribution in [0.4, 0.5) is 23.5 Å². The van der Waals surface area contributed by atoms with E-state index in [1.165, 1.54) is 31.5 Å². The molecule has 9 nitrogen and oxygen atoms in total. The van der Waals surface area contributed by atoms with Crippen LogP contribution in [0.15, 0.2) is 46.4 Å². The number of ether oxygens (including phenoxy) is 1. The molecule has 1 aromatic carbocycles. The molecule has 0 N–H and O–H groups in total. The maximum atomic E-state index is 14.1. The van der Waals surface area contributed by atoms with Crippen LogP contribution >= 0.6 is 0 Å². The molecule has 3 aromatic rings. The summed E-state index contributed by atoms with van der Waals surface area (Å²) >= 11 is 0. The van der Waals surface area contributed by atoms with Crippen LogP contribution in [0.3, 0.4) is 0 Å². The Kier molecular flexibility index (Phi) is 6.96. The fraction of sp³-hybridized carbons (Fsp3) is 0.304. The Morgan fingerprint density at radius 2 is 1.89 bits per heavy atom. The fourth-order valence-corrected chi connectivity index (χ4v) is 3.66. The summed E-state index contributed by atoms with van der Waals surface area (Å²) in [6, 6.07) is 6.65. The molecular weight excluding hydrogens is 482 g/mol. The molecule has 0 spiro atoms. The first-order valence-electron chi connectivity index (χ1n) is 10.8. The van der Waals surface area contributed by atoms with Gasteiger partial charge in [0.25, 0.3) is 5.56 Å².